The molecule has 3 heterocycles. The largest absolute Gasteiger partial charge is 0.455 e. The Morgan fingerprint density at radius 3 is 1.88 bits per heavy atom. The van der Waals surface area contributed by atoms with Crippen molar-refractivity contribution in [3.8, 4) is 56.2 Å². The molecule has 0 saturated carbocycles. The number of fused-ring (bicyclic) bond motifs is 6. The predicted molar refractivity (Wildman–Crippen MR) is 209 cm³/mol. The van der Waals surface area contributed by atoms with Gasteiger partial charge in [-0.3, -0.25) is 0 Å². The number of hydrogen-bond acceptors (Lipinski definition) is 4. The highest BCUT2D eigenvalue weighted by atomic mass is 32.1. The van der Waals surface area contributed by atoms with Crippen molar-refractivity contribution in [1.29, 1.82) is 0 Å². The molecule has 0 radical (unpaired) electrons. The molecule has 0 aliphatic heterocycles. The van der Waals surface area contributed by atoms with Crippen LogP contribution in [0.15, 0.2) is 174 Å². The van der Waals surface area contributed by atoms with Crippen LogP contribution in [-0.2, 0) is 0 Å². The van der Waals surface area contributed by atoms with E-state index in [0.717, 1.165) is 72.3 Å². The first-order chi connectivity index (χ1) is 24.8. The van der Waals surface area contributed by atoms with Crippen molar-refractivity contribution < 1.29 is 4.42 Å². The van der Waals surface area contributed by atoms with E-state index in [-0.39, 0.29) is 0 Å². The molecule has 50 heavy (non-hydrogen) atoms. The lowest BCUT2D eigenvalue weighted by atomic mass is 9.95. The summed E-state index contributed by atoms with van der Waals surface area (Å²) in [7, 11) is 0. The Labute approximate surface area is 292 Å². The van der Waals surface area contributed by atoms with Crippen molar-refractivity contribution in [2.24, 2.45) is 0 Å². The summed E-state index contributed by atoms with van der Waals surface area (Å²) in [6.45, 7) is 0. The number of para-hydroxylation sites is 1. The molecule has 0 aliphatic rings. The lowest BCUT2D eigenvalue weighted by Crippen LogP contribution is -1.97. The summed E-state index contributed by atoms with van der Waals surface area (Å²) < 4.78 is 9.34. The Hall–Kier alpha value is -6.36. The van der Waals surface area contributed by atoms with Gasteiger partial charge in [0.1, 0.15) is 11.2 Å². The van der Waals surface area contributed by atoms with Gasteiger partial charge in [0.05, 0.1) is 11.4 Å². The molecule has 0 unspecified atom stereocenters. The second-order valence-corrected chi connectivity index (χ2v) is 13.6. The molecule has 7 aromatic carbocycles. The van der Waals surface area contributed by atoms with Crippen LogP contribution in [-0.4, -0.2) is 9.97 Å². The minimum absolute atomic E-state index is 0.671. The second kappa shape index (κ2) is 11.7. The van der Waals surface area contributed by atoms with E-state index >= 15 is 0 Å². The molecule has 234 valence electrons. The van der Waals surface area contributed by atoms with Crippen LogP contribution in [0.4, 0.5) is 0 Å². The Kier molecular flexibility index (Phi) is 6.68. The zero-order valence-corrected chi connectivity index (χ0v) is 27.7. The summed E-state index contributed by atoms with van der Waals surface area (Å²) in [5.74, 6) is 0.671. The van der Waals surface area contributed by atoms with Crippen molar-refractivity contribution in [3.05, 3.63) is 170 Å². The smallest absolute Gasteiger partial charge is 0.161 e. The van der Waals surface area contributed by atoms with E-state index in [0.29, 0.717) is 5.82 Å². The average Bonchev–Trinajstić information content (AvgIpc) is 3.77. The SMILES string of the molecule is c1ccc(-c2cc(-c3ccc(-c4ccc5c(c4)sc4ccccc45)c4c3oc3ccccc34)nc(-c3ccccc3-c3ccccc3)n2)cc1. The van der Waals surface area contributed by atoms with E-state index < -0.39 is 0 Å². The molecular weight excluding hydrogens is 629 g/mol. The number of furan rings is 1. The van der Waals surface area contributed by atoms with Crippen molar-refractivity contribution in [2.45, 2.75) is 0 Å². The van der Waals surface area contributed by atoms with Crippen LogP contribution in [0.25, 0.3) is 98.3 Å². The maximum Gasteiger partial charge on any atom is 0.161 e. The standard InChI is InChI=1S/C46H28N2OS/c1-3-13-29(14-4-1)32-17-7-8-19-36(32)46-47-39(30-15-5-2-6-16-30)28-40(48-46)37-26-25-33(44-38-20-9-11-21-41(38)49-45(37)44)31-23-24-35-34-18-10-12-22-42(34)50-43(35)27-31/h1-28H. The van der Waals surface area contributed by atoms with Crippen LogP contribution in [0.3, 0.4) is 0 Å². The van der Waals surface area contributed by atoms with Crippen molar-refractivity contribution in [2.75, 3.05) is 0 Å². The molecule has 3 aromatic heterocycles. The first-order valence-corrected chi connectivity index (χ1v) is 17.6. The van der Waals surface area contributed by atoms with Gasteiger partial charge in [0.2, 0.25) is 0 Å². The molecule has 0 atom stereocenters. The normalized spacial score (nSPS) is 11.6. The summed E-state index contributed by atoms with van der Waals surface area (Å²) in [6.07, 6.45) is 0. The zero-order chi connectivity index (χ0) is 33.0. The quantitative estimate of drug-likeness (QED) is 0.185. The summed E-state index contributed by atoms with van der Waals surface area (Å²) in [6, 6.07) is 59.4. The first-order valence-electron chi connectivity index (χ1n) is 16.7. The van der Waals surface area contributed by atoms with Crippen molar-refractivity contribution in [3.63, 3.8) is 0 Å². The minimum Gasteiger partial charge on any atom is -0.455 e. The van der Waals surface area contributed by atoms with Gasteiger partial charge in [-0.05, 0) is 52.6 Å². The summed E-state index contributed by atoms with van der Waals surface area (Å²) in [5.41, 5.74) is 10.8. The number of thiophene rings is 1. The Balaban J connectivity index is 1.22. The molecule has 0 aliphatic carbocycles. The second-order valence-electron chi connectivity index (χ2n) is 12.5. The topological polar surface area (TPSA) is 38.9 Å². The monoisotopic (exact) mass is 656 g/mol. The zero-order valence-electron chi connectivity index (χ0n) is 26.9. The minimum atomic E-state index is 0.671. The third kappa shape index (κ3) is 4.73. The third-order valence-electron chi connectivity index (χ3n) is 9.54. The highest BCUT2D eigenvalue weighted by Crippen LogP contribution is 2.44. The maximum absolute atomic E-state index is 6.76. The van der Waals surface area contributed by atoms with E-state index in [1.165, 1.54) is 20.2 Å². The Morgan fingerprint density at radius 1 is 0.400 bits per heavy atom. The fourth-order valence-corrected chi connectivity index (χ4v) is 8.32. The average molecular weight is 657 g/mol. The molecule has 4 heteroatoms. The van der Waals surface area contributed by atoms with E-state index in [9.17, 15) is 0 Å². The summed E-state index contributed by atoms with van der Waals surface area (Å²) >= 11 is 1.84. The fourth-order valence-electron chi connectivity index (χ4n) is 7.17. The van der Waals surface area contributed by atoms with E-state index in [4.69, 9.17) is 14.4 Å². The van der Waals surface area contributed by atoms with E-state index in [2.05, 4.69) is 140 Å². The molecule has 0 N–H and O–H groups in total. The van der Waals surface area contributed by atoms with Crippen molar-refractivity contribution >= 4 is 53.4 Å². The van der Waals surface area contributed by atoms with Crippen LogP contribution < -0.4 is 0 Å². The molecule has 10 rings (SSSR count). The number of hydrogen-bond donors (Lipinski definition) is 0. The molecular formula is C46H28N2OS. The lowest BCUT2D eigenvalue weighted by Gasteiger charge is -2.13. The lowest BCUT2D eigenvalue weighted by molar-refractivity contribution is 0.670. The maximum atomic E-state index is 6.76. The number of nitrogens with zero attached hydrogens (tertiary/aromatic N) is 2. The highest BCUT2D eigenvalue weighted by Gasteiger charge is 2.21. The van der Waals surface area contributed by atoms with Gasteiger partial charge in [-0.25, -0.2) is 9.97 Å². The predicted octanol–water partition coefficient (Wildman–Crippen LogP) is 13.1. The Morgan fingerprint density at radius 2 is 1.04 bits per heavy atom. The highest BCUT2D eigenvalue weighted by molar-refractivity contribution is 7.25. The van der Waals surface area contributed by atoms with Gasteiger partial charge in [-0.15, -0.1) is 11.3 Å². The van der Waals surface area contributed by atoms with Crippen LogP contribution in [0.5, 0.6) is 0 Å². The molecule has 0 saturated heterocycles. The third-order valence-corrected chi connectivity index (χ3v) is 10.7. The fraction of sp³-hybridized carbons (Fsp3) is 0. The molecule has 0 fully saturated rings. The summed E-state index contributed by atoms with van der Waals surface area (Å²) in [4.78, 5) is 10.5. The van der Waals surface area contributed by atoms with Gasteiger partial charge in [-0.2, -0.15) is 0 Å². The van der Waals surface area contributed by atoms with Gasteiger partial charge in [0.25, 0.3) is 0 Å². The van der Waals surface area contributed by atoms with Gasteiger partial charge in [0.15, 0.2) is 5.82 Å². The van der Waals surface area contributed by atoms with Crippen molar-refractivity contribution in [1.82, 2.24) is 9.97 Å². The van der Waals surface area contributed by atoms with Crippen LogP contribution in [0.1, 0.15) is 0 Å². The van der Waals surface area contributed by atoms with Gasteiger partial charge in [-0.1, -0.05) is 140 Å². The van der Waals surface area contributed by atoms with Crippen LogP contribution in [0.2, 0.25) is 0 Å². The van der Waals surface area contributed by atoms with Gasteiger partial charge in [0, 0.05) is 47.6 Å². The van der Waals surface area contributed by atoms with E-state index in [1.54, 1.807) is 0 Å². The van der Waals surface area contributed by atoms with Crippen LogP contribution >= 0.6 is 11.3 Å². The molecule has 0 spiro atoms. The Bertz CT molecular complexity index is 2870. The van der Waals surface area contributed by atoms with Gasteiger partial charge < -0.3 is 4.42 Å². The van der Waals surface area contributed by atoms with Gasteiger partial charge >= 0.3 is 0 Å². The molecule has 10 aromatic rings. The molecule has 0 amide bonds. The van der Waals surface area contributed by atoms with Crippen LogP contribution in [0, 0.1) is 0 Å². The molecule has 0 bridgehead atoms. The molecule has 3 nitrogen and oxygen atoms in total. The first kappa shape index (κ1) is 28.6. The number of benzene rings is 7. The number of aromatic nitrogens is 2. The summed E-state index contributed by atoms with van der Waals surface area (Å²) in [5, 5.41) is 4.76. The van der Waals surface area contributed by atoms with E-state index in [1.807, 2.05) is 41.7 Å². The number of rotatable bonds is 5.